The van der Waals surface area contributed by atoms with Gasteiger partial charge in [0.2, 0.25) is 5.91 Å². The molecule has 0 spiro atoms. The van der Waals surface area contributed by atoms with Crippen LogP contribution in [-0.4, -0.2) is 48.5 Å². The Morgan fingerprint density at radius 1 is 1.33 bits per heavy atom. The summed E-state index contributed by atoms with van der Waals surface area (Å²) in [6.07, 6.45) is 0.339. The lowest BCUT2D eigenvalue weighted by Gasteiger charge is -2.18. The van der Waals surface area contributed by atoms with Gasteiger partial charge >= 0.3 is 5.97 Å². The van der Waals surface area contributed by atoms with Gasteiger partial charge in [0.1, 0.15) is 5.82 Å². The summed E-state index contributed by atoms with van der Waals surface area (Å²) in [4.78, 5) is 29.1. The summed E-state index contributed by atoms with van der Waals surface area (Å²) in [7, 11) is 1.29. The molecule has 0 aliphatic rings. The number of carbonyl (C=O) groups is 2. The largest absolute Gasteiger partial charge is 0.464 e. The highest BCUT2D eigenvalue weighted by molar-refractivity contribution is 5.88. The molecule has 0 atom stereocenters. The van der Waals surface area contributed by atoms with E-state index in [0.29, 0.717) is 37.6 Å². The van der Waals surface area contributed by atoms with Crippen molar-refractivity contribution in [2.45, 2.75) is 20.3 Å². The minimum Gasteiger partial charge on any atom is -0.464 e. The van der Waals surface area contributed by atoms with Crippen molar-refractivity contribution in [3.8, 4) is 0 Å². The number of anilines is 2. The topological polar surface area (TPSA) is 97.5 Å². The predicted octanol–water partition coefficient (Wildman–Crippen LogP) is 1.12. The SMILES string of the molecule is CCN(CC)C(=O)CCNc1nc(C(=O)OC)ccc1N. The Kier molecular flexibility index (Phi) is 6.45. The molecule has 7 heteroatoms. The van der Waals surface area contributed by atoms with Gasteiger partial charge in [0.05, 0.1) is 12.8 Å². The highest BCUT2D eigenvalue weighted by Crippen LogP contribution is 2.16. The Balaban J connectivity index is 2.63. The number of nitrogens with one attached hydrogen (secondary N) is 1. The second-order valence-electron chi connectivity index (χ2n) is 4.37. The van der Waals surface area contributed by atoms with Crippen LogP contribution in [0.2, 0.25) is 0 Å². The first-order valence-corrected chi connectivity index (χ1v) is 6.89. The van der Waals surface area contributed by atoms with Crippen molar-refractivity contribution in [1.82, 2.24) is 9.88 Å². The third kappa shape index (κ3) is 4.62. The second kappa shape index (κ2) is 8.08. The average Bonchev–Trinajstić information content (AvgIpc) is 2.49. The van der Waals surface area contributed by atoms with Crippen LogP contribution in [0.3, 0.4) is 0 Å². The van der Waals surface area contributed by atoms with Gasteiger partial charge in [-0.3, -0.25) is 4.79 Å². The van der Waals surface area contributed by atoms with Gasteiger partial charge in [-0.05, 0) is 26.0 Å². The van der Waals surface area contributed by atoms with E-state index in [1.807, 2.05) is 13.8 Å². The molecule has 0 aromatic carbocycles. The minimum atomic E-state index is -0.530. The third-order valence-electron chi connectivity index (χ3n) is 3.07. The number of pyridine rings is 1. The molecular weight excluding hydrogens is 272 g/mol. The van der Waals surface area contributed by atoms with Crippen LogP contribution in [0.25, 0.3) is 0 Å². The van der Waals surface area contributed by atoms with Crippen LogP contribution in [-0.2, 0) is 9.53 Å². The van der Waals surface area contributed by atoms with E-state index in [1.54, 1.807) is 11.0 Å². The van der Waals surface area contributed by atoms with E-state index in [4.69, 9.17) is 5.73 Å². The lowest BCUT2D eigenvalue weighted by molar-refractivity contribution is -0.130. The zero-order chi connectivity index (χ0) is 15.8. The average molecular weight is 294 g/mol. The molecule has 0 bridgehead atoms. The van der Waals surface area contributed by atoms with Crippen molar-refractivity contribution in [2.75, 3.05) is 37.8 Å². The van der Waals surface area contributed by atoms with Crippen LogP contribution in [0.5, 0.6) is 0 Å². The molecule has 3 N–H and O–H groups in total. The lowest BCUT2D eigenvalue weighted by Crippen LogP contribution is -2.31. The fourth-order valence-electron chi connectivity index (χ4n) is 1.85. The molecule has 21 heavy (non-hydrogen) atoms. The quantitative estimate of drug-likeness (QED) is 0.731. The van der Waals surface area contributed by atoms with E-state index in [2.05, 4.69) is 15.0 Å². The maximum absolute atomic E-state index is 11.9. The fourth-order valence-corrected chi connectivity index (χ4v) is 1.85. The zero-order valence-corrected chi connectivity index (χ0v) is 12.7. The van der Waals surface area contributed by atoms with Gasteiger partial charge in [0.15, 0.2) is 5.69 Å². The summed E-state index contributed by atoms with van der Waals surface area (Å²) in [5.41, 5.74) is 6.37. The molecule has 1 aromatic heterocycles. The van der Waals surface area contributed by atoms with Crippen LogP contribution >= 0.6 is 0 Å². The summed E-state index contributed by atoms with van der Waals surface area (Å²) < 4.78 is 4.60. The Bertz CT molecular complexity index is 501. The first-order chi connectivity index (χ1) is 10.0. The van der Waals surface area contributed by atoms with Crippen molar-refractivity contribution < 1.29 is 14.3 Å². The number of amides is 1. The molecule has 0 unspecified atom stereocenters. The van der Waals surface area contributed by atoms with Gasteiger partial charge in [-0.15, -0.1) is 0 Å². The molecule has 0 saturated carbocycles. The summed E-state index contributed by atoms with van der Waals surface area (Å²) in [5.74, 6) is -0.0855. The number of carbonyl (C=O) groups excluding carboxylic acids is 2. The van der Waals surface area contributed by atoms with Gasteiger partial charge in [-0.25, -0.2) is 9.78 Å². The minimum absolute atomic E-state index is 0.0650. The number of aromatic nitrogens is 1. The first-order valence-electron chi connectivity index (χ1n) is 6.89. The van der Waals surface area contributed by atoms with Crippen LogP contribution < -0.4 is 11.1 Å². The van der Waals surface area contributed by atoms with E-state index in [1.165, 1.54) is 13.2 Å². The number of nitrogens with two attached hydrogens (primary N) is 1. The Morgan fingerprint density at radius 3 is 2.57 bits per heavy atom. The standard InChI is InChI=1S/C14H22N4O3/c1-4-18(5-2)12(19)8-9-16-13-10(15)6-7-11(17-13)14(20)21-3/h6-7H,4-5,8-9,15H2,1-3H3,(H,16,17). The molecule has 1 heterocycles. The molecule has 116 valence electrons. The van der Waals surface area contributed by atoms with E-state index < -0.39 is 5.97 Å². The third-order valence-corrected chi connectivity index (χ3v) is 3.07. The Hall–Kier alpha value is -2.31. The predicted molar refractivity (Wildman–Crippen MR) is 81.0 cm³/mol. The second-order valence-corrected chi connectivity index (χ2v) is 4.37. The zero-order valence-electron chi connectivity index (χ0n) is 12.7. The van der Waals surface area contributed by atoms with Gasteiger partial charge < -0.3 is 20.7 Å². The van der Waals surface area contributed by atoms with Gasteiger partial charge in [-0.1, -0.05) is 0 Å². The van der Waals surface area contributed by atoms with Crippen LogP contribution in [0.1, 0.15) is 30.8 Å². The molecule has 0 radical (unpaired) electrons. The monoisotopic (exact) mass is 294 g/mol. The van der Waals surface area contributed by atoms with Crippen molar-refractivity contribution in [3.05, 3.63) is 17.8 Å². The molecular formula is C14H22N4O3. The molecule has 0 aliphatic carbocycles. The normalized spacial score (nSPS) is 10.0. The van der Waals surface area contributed by atoms with Gasteiger partial charge in [0.25, 0.3) is 0 Å². The number of esters is 1. The number of ether oxygens (including phenoxy) is 1. The lowest BCUT2D eigenvalue weighted by atomic mass is 10.3. The van der Waals surface area contributed by atoms with Crippen molar-refractivity contribution in [1.29, 1.82) is 0 Å². The highest BCUT2D eigenvalue weighted by atomic mass is 16.5. The van der Waals surface area contributed by atoms with Crippen LogP contribution in [0, 0.1) is 0 Å². The summed E-state index contributed by atoms with van der Waals surface area (Å²) in [6, 6.07) is 3.07. The Labute approximate surface area is 124 Å². The van der Waals surface area contributed by atoms with Crippen LogP contribution in [0.15, 0.2) is 12.1 Å². The number of rotatable bonds is 7. The van der Waals surface area contributed by atoms with E-state index in [-0.39, 0.29) is 11.6 Å². The number of methoxy groups -OCH3 is 1. The van der Waals surface area contributed by atoms with Crippen LogP contribution in [0.4, 0.5) is 11.5 Å². The van der Waals surface area contributed by atoms with E-state index in [0.717, 1.165) is 0 Å². The smallest absolute Gasteiger partial charge is 0.356 e. The summed E-state index contributed by atoms with van der Waals surface area (Å²) in [5, 5.41) is 2.97. The molecule has 1 rings (SSSR count). The molecule has 0 aliphatic heterocycles. The number of hydrogen-bond acceptors (Lipinski definition) is 6. The van der Waals surface area contributed by atoms with Crippen molar-refractivity contribution in [2.24, 2.45) is 0 Å². The van der Waals surface area contributed by atoms with Crippen molar-refractivity contribution >= 4 is 23.4 Å². The van der Waals surface area contributed by atoms with Gasteiger partial charge in [0, 0.05) is 26.1 Å². The summed E-state index contributed by atoms with van der Waals surface area (Å²) in [6.45, 7) is 5.65. The highest BCUT2D eigenvalue weighted by Gasteiger charge is 2.12. The maximum atomic E-state index is 11.9. The van der Waals surface area contributed by atoms with Gasteiger partial charge in [-0.2, -0.15) is 0 Å². The fraction of sp³-hybridized carbons (Fsp3) is 0.500. The molecule has 1 amide bonds. The first kappa shape index (κ1) is 16.7. The molecule has 0 fully saturated rings. The van der Waals surface area contributed by atoms with Crippen molar-refractivity contribution in [3.63, 3.8) is 0 Å². The molecule has 7 nitrogen and oxygen atoms in total. The Morgan fingerprint density at radius 2 is 2.00 bits per heavy atom. The van der Waals surface area contributed by atoms with E-state index in [9.17, 15) is 9.59 Å². The number of nitrogens with zero attached hydrogens (tertiary/aromatic N) is 2. The summed E-state index contributed by atoms with van der Waals surface area (Å²) >= 11 is 0. The molecule has 0 saturated heterocycles. The number of nitrogen functional groups attached to an aromatic ring is 1. The van der Waals surface area contributed by atoms with E-state index >= 15 is 0 Å². The molecule has 1 aromatic rings. The maximum Gasteiger partial charge on any atom is 0.356 e. The number of hydrogen-bond donors (Lipinski definition) is 2.